The van der Waals surface area contributed by atoms with Gasteiger partial charge in [-0.05, 0) is 59.3 Å². The van der Waals surface area contributed by atoms with Crippen LogP contribution in [0.5, 0.6) is 0 Å². The summed E-state index contributed by atoms with van der Waals surface area (Å²) < 4.78 is 0. The average molecular weight is 240 g/mol. The van der Waals surface area contributed by atoms with Crippen molar-refractivity contribution in [2.45, 2.75) is 56.6 Å². The highest BCUT2D eigenvalue weighted by Crippen LogP contribution is 2.30. The molecule has 3 nitrogen and oxygen atoms in total. The van der Waals surface area contributed by atoms with Crippen LogP contribution in [0.15, 0.2) is 0 Å². The minimum atomic E-state index is -0.379. The lowest BCUT2D eigenvalue weighted by molar-refractivity contribution is 0.0150. The van der Waals surface area contributed by atoms with Crippen molar-refractivity contribution in [1.29, 1.82) is 0 Å². The van der Waals surface area contributed by atoms with E-state index in [-0.39, 0.29) is 5.60 Å². The minimum absolute atomic E-state index is 0.379. The Hall–Kier alpha value is -0.120. The molecule has 1 N–H and O–H groups in total. The smallest absolute Gasteiger partial charge is 0.0774 e. The maximum Gasteiger partial charge on any atom is 0.0774 e. The highest BCUT2D eigenvalue weighted by Gasteiger charge is 2.32. The van der Waals surface area contributed by atoms with Gasteiger partial charge >= 0.3 is 0 Å². The molecular formula is C14H28N2O. The van der Waals surface area contributed by atoms with Gasteiger partial charge in [-0.25, -0.2) is 0 Å². The first kappa shape index (κ1) is 13.3. The lowest BCUT2D eigenvalue weighted by atomic mass is 10.0. The predicted octanol–water partition coefficient (Wildman–Crippen LogP) is 1.71. The fraction of sp³-hybridized carbons (Fsp3) is 1.00. The monoisotopic (exact) mass is 240 g/mol. The molecule has 0 radical (unpaired) electrons. The summed E-state index contributed by atoms with van der Waals surface area (Å²) in [5.41, 5.74) is -0.379. The molecule has 1 unspecified atom stereocenters. The lowest BCUT2D eigenvalue weighted by Gasteiger charge is -2.30. The van der Waals surface area contributed by atoms with E-state index in [9.17, 15) is 5.11 Å². The third-order valence-corrected chi connectivity index (χ3v) is 4.61. The van der Waals surface area contributed by atoms with Crippen molar-refractivity contribution in [2.24, 2.45) is 0 Å². The molecule has 1 atom stereocenters. The quantitative estimate of drug-likeness (QED) is 0.792. The Morgan fingerprint density at radius 2 is 2.00 bits per heavy atom. The normalized spacial score (nSPS) is 29.3. The van der Waals surface area contributed by atoms with Crippen LogP contribution in [0, 0.1) is 0 Å². The van der Waals surface area contributed by atoms with Crippen LogP contribution >= 0.6 is 0 Å². The molecule has 17 heavy (non-hydrogen) atoms. The fourth-order valence-electron chi connectivity index (χ4n) is 3.49. The molecule has 0 aromatic carbocycles. The Bertz CT molecular complexity index is 238. The summed E-state index contributed by atoms with van der Waals surface area (Å²) in [6.45, 7) is 3.25. The lowest BCUT2D eigenvalue weighted by Crippen LogP contribution is -2.40. The number of nitrogens with zero attached hydrogens (tertiary/aromatic N) is 2. The first-order chi connectivity index (χ1) is 8.09. The molecule has 0 spiro atoms. The van der Waals surface area contributed by atoms with Gasteiger partial charge in [0.15, 0.2) is 0 Å². The van der Waals surface area contributed by atoms with Crippen molar-refractivity contribution >= 4 is 0 Å². The van der Waals surface area contributed by atoms with Gasteiger partial charge in [-0.3, -0.25) is 0 Å². The molecule has 1 heterocycles. The van der Waals surface area contributed by atoms with E-state index >= 15 is 0 Å². The van der Waals surface area contributed by atoms with Crippen LogP contribution < -0.4 is 0 Å². The summed E-state index contributed by atoms with van der Waals surface area (Å²) in [5.74, 6) is 0. The molecule has 3 heteroatoms. The highest BCUT2D eigenvalue weighted by atomic mass is 16.3. The van der Waals surface area contributed by atoms with Crippen LogP contribution in [0.25, 0.3) is 0 Å². The second-order valence-corrected chi connectivity index (χ2v) is 6.23. The van der Waals surface area contributed by atoms with E-state index < -0.39 is 0 Å². The van der Waals surface area contributed by atoms with Crippen molar-refractivity contribution in [3.8, 4) is 0 Å². The van der Waals surface area contributed by atoms with E-state index in [0.29, 0.717) is 0 Å². The van der Waals surface area contributed by atoms with Gasteiger partial charge in [-0.15, -0.1) is 0 Å². The largest absolute Gasteiger partial charge is 0.389 e. The standard InChI is InChI=1S/C14H28N2O/c1-15(12-14(17)8-3-4-9-14)11-7-13-6-5-10-16(13)2/h13,17H,3-12H2,1-2H3. The maximum absolute atomic E-state index is 10.4. The zero-order valence-corrected chi connectivity index (χ0v) is 11.5. The summed E-state index contributed by atoms with van der Waals surface area (Å²) in [4.78, 5) is 4.82. The number of likely N-dealkylation sites (tertiary alicyclic amines) is 1. The molecular weight excluding hydrogens is 212 g/mol. The summed E-state index contributed by atoms with van der Waals surface area (Å²) in [5, 5.41) is 10.4. The Morgan fingerprint density at radius 3 is 2.59 bits per heavy atom. The number of likely N-dealkylation sites (N-methyl/N-ethyl adjacent to an activating group) is 1. The van der Waals surface area contributed by atoms with Gasteiger partial charge in [0, 0.05) is 12.6 Å². The van der Waals surface area contributed by atoms with Crippen molar-refractivity contribution in [3.05, 3.63) is 0 Å². The second-order valence-electron chi connectivity index (χ2n) is 6.23. The van der Waals surface area contributed by atoms with Crippen LogP contribution in [0.2, 0.25) is 0 Å². The van der Waals surface area contributed by atoms with Gasteiger partial charge in [-0.2, -0.15) is 0 Å². The Kier molecular flexibility index (Phi) is 4.45. The van der Waals surface area contributed by atoms with E-state index in [1.54, 1.807) is 0 Å². The third kappa shape index (κ3) is 3.67. The van der Waals surface area contributed by atoms with Crippen molar-refractivity contribution in [1.82, 2.24) is 9.80 Å². The van der Waals surface area contributed by atoms with E-state index in [4.69, 9.17) is 0 Å². The zero-order chi connectivity index (χ0) is 12.3. The van der Waals surface area contributed by atoms with Crippen LogP contribution in [0.1, 0.15) is 44.9 Å². The van der Waals surface area contributed by atoms with Crippen LogP contribution in [-0.4, -0.2) is 60.3 Å². The van der Waals surface area contributed by atoms with Crippen molar-refractivity contribution in [2.75, 3.05) is 33.7 Å². The van der Waals surface area contributed by atoms with E-state index in [1.165, 1.54) is 38.6 Å². The van der Waals surface area contributed by atoms with Gasteiger partial charge in [0.25, 0.3) is 0 Å². The fourth-order valence-corrected chi connectivity index (χ4v) is 3.49. The molecule has 1 aliphatic carbocycles. The van der Waals surface area contributed by atoms with Crippen LogP contribution in [-0.2, 0) is 0 Å². The van der Waals surface area contributed by atoms with Gasteiger partial charge in [0.1, 0.15) is 0 Å². The molecule has 2 rings (SSSR count). The van der Waals surface area contributed by atoms with Crippen LogP contribution in [0.3, 0.4) is 0 Å². The number of hydrogen-bond donors (Lipinski definition) is 1. The van der Waals surface area contributed by atoms with E-state index in [1.807, 2.05) is 0 Å². The maximum atomic E-state index is 10.4. The molecule has 2 aliphatic rings. The summed E-state index contributed by atoms with van der Waals surface area (Å²) in [6, 6.07) is 0.774. The molecule has 1 saturated carbocycles. The number of aliphatic hydroxyl groups is 1. The van der Waals surface area contributed by atoms with Crippen molar-refractivity contribution in [3.63, 3.8) is 0 Å². The molecule has 1 saturated heterocycles. The number of rotatable bonds is 5. The average Bonchev–Trinajstić information content (AvgIpc) is 2.85. The first-order valence-corrected chi connectivity index (χ1v) is 7.20. The zero-order valence-electron chi connectivity index (χ0n) is 11.5. The third-order valence-electron chi connectivity index (χ3n) is 4.61. The van der Waals surface area contributed by atoms with E-state index in [0.717, 1.165) is 32.0 Å². The molecule has 0 bridgehead atoms. The molecule has 2 fully saturated rings. The predicted molar refractivity (Wildman–Crippen MR) is 71.2 cm³/mol. The molecule has 1 aliphatic heterocycles. The molecule has 0 amide bonds. The van der Waals surface area contributed by atoms with Gasteiger partial charge in [0.05, 0.1) is 5.60 Å². The molecule has 0 aromatic heterocycles. The van der Waals surface area contributed by atoms with E-state index in [2.05, 4.69) is 23.9 Å². The van der Waals surface area contributed by atoms with Gasteiger partial charge < -0.3 is 14.9 Å². The first-order valence-electron chi connectivity index (χ1n) is 7.20. The van der Waals surface area contributed by atoms with Gasteiger partial charge in [-0.1, -0.05) is 12.8 Å². The van der Waals surface area contributed by atoms with Crippen molar-refractivity contribution < 1.29 is 5.11 Å². The topological polar surface area (TPSA) is 26.7 Å². The SMILES string of the molecule is CN(CCC1CCCN1C)CC1(O)CCCC1. The Labute approximate surface area is 106 Å². The summed E-state index contributed by atoms with van der Waals surface area (Å²) in [6.07, 6.45) is 8.37. The second kappa shape index (κ2) is 5.68. The number of hydrogen-bond acceptors (Lipinski definition) is 3. The van der Waals surface area contributed by atoms with Gasteiger partial charge in [0.2, 0.25) is 0 Å². The summed E-state index contributed by atoms with van der Waals surface area (Å²) >= 11 is 0. The highest BCUT2D eigenvalue weighted by molar-refractivity contribution is 4.87. The Morgan fingerprint density at radius 1 is 1.29 bits per heavy atom. The Balaban J connectivity index is 1.68. The summed E-state index contributed by atoms with van der Waals surface area (Å²) in [7, 11) is 4.40. The minimum Gasteiger partial charge on any atom is -0.389 e. The molecule has 100 valence electrons. The molecule has 0 aromatic rings. The van der Waals surface area contributed by atoms with Crippen LogP contribution in [0.4, 0.5) is 0 Å².